The lowest BCUT2D eigenvalue weighted by Crippen LogP contribution is -2.46. The first-order valence-corrected chi connectivity index (χ1v) is 24.2. The van der Waals surface area contributed by atoms with E-state index in [2.05, 4.69) is 43.5 Å². The van der Waals surface area contributed by atoms with Crippen LogP contribution in [0.1, 0.15) is 206 Å². The van der Waals surface area contributed by atoms with Crippen molar-refractivity contribution in [1.29, 1.82) is 0 Å². The predicted octanol–water partition coefficient (Wildman–Crippen LogP) is 11.7. The van der Waals surface area contributed by atoms with Gasteiger partial charge in [-0.05, 0) is 44.9 Å². The smallest absolute Gasteiger partial charge is 0.393 e. The van der Waals surface area contributed by atoms with Crippen molar-refractivity contribution < 1.29 is 33.5 Å². The molecule has 10 heteroatoms. The third-order valence-corrected chi connectivity index (χ3v) is 11.0. The van der Waals surface area contributed by atoms with Gasteiger partial charge in [-0.1, -0.05) is 192 Å². The SMILES string of the molecule is CCCCC/C=C\C=C/CCCCCCCCCCC(O)CC(=O)NC(COP(=O)(O)OCCN)C(O)/C=C/CCCCCCCCCCCCCCCC. The van der Waals surface area contributed by atoms with E-state index in [4.69, 9.17) is 14.8 Å². The number of rotatable bonds is 42. The summed E-state index contributed by atoms with van der Waals surface area (Å²) < 4.78 is 22.1. The van der Waals surface area contributed by atoms with E-state index >= 15 is 0 Å². The minimum atomic E-state index is -4.40. The van der Waals surface area contributed by atoms with Crippen LogP contribution in [0.25, 0.3) is 0 Å². The van der Waals surface area contributed by atoms with E-state index in [9.17, 15) is 24.5 Å². The fourth-order valence-electron chi connectivity index (χ4n) is 6.58. The van der Waals surface area contributed by atoms with Gasteiger partial charge in [0, 0.05) is 6.54 Å². The summed E-state index contributed by atoms with van der Waals surface area (Å²) in [5.74, 6) is -0.450. The zero-order chi connectivity index (χ0) is 40.5. The average Bonchev–Trinajstić information content (AvgIpc) is 3.16. The number of amides is 1. The highest BCUT2D eigenvalue weighted by molar-refractivity contribution is 7.47. The first-order chi connectivity index (χ1) is 26.8. The van der Waals surface area contributed by atoms with Gasteiger partial charge in [0.25, 0.3) is 0 Å². The Bertz CT molecular complexity index is 977. The lowest BCUT2D eigenvalue weighted by atomic mass is 10.0. The van der Waals surface area contributed by atoms with Crippen molar-refractivity contribution in [3.63, 3.8) is 0 Å². The minimum absolute atomic E-state index is 0.0480. The fraction of sp³-hybridized carbons (Fsp3) is 0.844. The quantitative estimate of drug-likeness (QED) is 0.0177. The number of hydrogen-bond acceptors (Lipinski definition) is 7. The molecule has 0 aliphatic heterocycles. The van der Waals surface area contributed by atoms with Crippen LogP contribution in [-0.4, -0.2) is 59.0 Å². The molecule has 0 radical (unpaired) electrons. The molecule has 0 rings (SSSR count). The van der Waals surface area contributed by atoms with E-state index in [1.54, 1.807) is 6.08 Å². The summed E-state index contributed by atoms with van der Waals surface area (Å²) in [5, 5.41) is 24.1. The molecule has 0 aromatic rings. The summed E-state index contributed by atoms with van der Waals surface area (Å²) in [5.41, 5.74) is 5.37. The summed E-state index contributed by atoms with van der Waals surface area (Å²) in [6.07, 6.45) is 45.0. The molecule has 0 aliphatic rings. The highest BCUT2D eigenvalue weighted by atomic mass is 31.2. The number of aliphatic hydroxyl groups excluding tert-OH is 2. The zero-order valence-corrected chi connectivity index (χ0v) is 36.4. The van der Waals surface area contributed by atoms with Gasteiger partial charge < -0.3 is 26.2 Å². The molecule has 0 heterocycles. The van der Waals surface area contributed by atoms with Crippen molar-refractivity contribution in [3.8, 4) is 0 Å². The standard InChI is InChI=1S/C45H87N2O7P/c1-3-5-7-9-11-13-15-17-19-21-22-24-26-28-30-32-34-36-42(48)40-45(50)47-43(41-54-55(51,52)53-39-38-46)44(49)37-35-33-31-29-27-25-23-20-18-16-14-12-10-8-6-4-2/h11,13,15,17,35,37,42-44,48-49H,3-10,12,14,16,18-34,36,38-41,46H2,1-2H3,(H,47,50)(H,51,52)/b13-11-,17-15-,37-35+. The Kier molecular flexibility index (Phi) is 39.9. The van der Waals surface area contributed by atoms with E-state index in [1.165, 1.54) is 135 Å². The number of hydrogen-bond donors (Lipinski definition) is 5. The molecule has 0 aliphatic carbocycles. The molecule has 55 heavy (non-hydrogen) atoms. The van der Waals surface area contributed by atoms with Gasteiger partial charge in [-0.25, -0.2) is 4.57 Å². The molecule has 0 bridgehead atoms. The maximum absolute atomic E-state index is 12.8. The van der Waals surface area contributed by atoms with Gasteiger partial charge in [0.2, 0.25) is 5.91 Å². The van der Waals surface area contributed by atoms with Gasteiger partial charge >= 0.3 is 7.82 Å². The lowest BCUT2D eigenvalue weighted by Gasteiger charge is -2.24. The topological polar surface area (TPSA) is 151 Å². The molecule has 0 saturated carbocycles. The van der Waals surface area contributed by atoms with E-state index in [-0.39, 0.29) is 19.6 Å². The van der Waals surface area contributed by atoms with Crippen molar-refractivity contribution in [1.82, 2.24) is 5.32 Å². The molecule has 0 spiro atoms. The van der Waals surface area contributed by atoms with Gasteiger partial charge in [-0.2, -0.15) is 0 Å². The van der Waals surface area contributed by atoms with Crippen LogP contribution < -0.4 is 11.1 Å². The second-order valence-electron chi connectivity index (χ2n) is 15.5. The van der Waals surface area contributed by atoms with Crippen LogP contribution in [0.3, 0.4) is 0 Å². The number of allylic oxidation sites excluding steroid dienone is 5. The molecule has 0 aromatic heterocycles. The number of aliphatic hydroxyl groups is 2. The van der Waals surface area contributed by atoms with E-state index in [0.717, 1.165) is 44.9 Å². The van der Waals surface area contributed by atoms with Crippen molar-refractivity contribution in [2.24, 2.45) is 5.73 Å². The first-order valence-electron chi connectivity index (χ1n) is 22.7. The molecule has 0 fully saturated rings. The molecule has 4 atom stereocenters. The second kappa shape index (κ2) is 40.9. The molecule has 9 nitrogen and oxygen atoms in total. The van der Waals surface area contributed by atoms with Gasteiger partial charge in [0.15, 0.2) is 0 Å². The predicted molar refractivity (Wildman–Crippen MR) is 232 cm³/mol. The number of phosphoric ester groups is 1. The van der Waals surface area contributed by atoms with Crippen molar-refractivity contribution in [3.05, 3.63) is 36.5 Å². The maximum atomic E-state index is 12.8. The van der Waals surface area contributed by atoms with Gasteiger partial charge in [-0.3, -0.25) is 13.8 Å². The van der Waals surface area contributed by atoms with Crippen LogP contribution in [0, 0.1) is 0 Å². The number of unbranched alkanes of at least 4 members (excludes halogenated alkanes) is 25. The number of carbonyl (C=O) groups excluding carboxylic acids is 1. The molecule has 6 N–H and O–H groups in total. The number of carbonyl (C=O) groups is 1. The van der Waals surface area contributed by atoms with Crippen LogP contribution >= 0.6 is 7.82 Å². The van der Waals surface area contributed by atoms with E-state index in [0.29, 0.717) is 6.42 Å². The average molecular weight is 799 g/mol. The second-order valence-corrected chi connectivity index (χ2v) is 16.9. The van der Waals surface area contributed by atoms with Crippen LogP contribution in [0.4, 0.5) is 0 Å². The Morgan fingerprint density at radius 3 is 1.55 bits per heavy atom. The van der Waals surface area contributed by atoms with Gasteiger partial charge in [0.05, 0.1) is 37.9 Å². The van der Waals surface area contributed by atoms with Crippen molar-refractivity contribution in [2.45, 2.75) is 225 Å². The monoisotopic (exact) mass is 799 g/mol. The van der Waals surface area contributed by atoms with Crippen molar-refractivity contribution >= 4 is 13.7 Å². The Hall–Kier alpha value is -1.32. The summed E-state index contributed by atoms with van der Waals surface area (Å²) in [6, 6.07) is -0.984. The van der Waals surface area contributed by atoms with Gasteiger partial charge in [-0.15, -0.1) is 0 Å². The first kappa shape index (κ1) is 53.7. The maximum Gasteiger partial charge on any atom is 0.472 e. The summed E-state index contributed by atoms with van der Waals surface area (Å²) in [7, 11) is -4.40. The molecular formula is C45H87N2O7P. The molecule has 0 saturated heterocycles. The third-order valence-electron chi connectivity index (χ3n) is 10.0. The van der Waals surface area contributed by atoms with Crippen LogP contribution in [0.5, 0.6) is 0 Å². The lowest BCUT2D eigenvalue weighted by molar-refractivity contribution is -0.124. The summed E-state index contributed by atoms with van der Waals surface area (Å²) in [4.78, 5) is 22.8. The molecule has 0 aromatic carbocycles. The fourth-order valence-corrected chi connectivity index (χ4v) is 7.34. The number of nitrogens with two attached hydrogens (primary N) is 1. The Morgan fingerprint density at radius 1 is 0.636 bits per heavy atom. The highest BCUT2D eigenvalue weighted by Gasteiger charge is 2.27. The number of phosphoric acid groups is 1. The molecule has 1 amide bonds. The highest BCUT2D eigenvalue weighted by Crippen LogP contribution is 2.43. The molecule has 324 valence electrons. The Morgan fingerprint density at radius 2 is 1.05 bits per heavy atom. The van der Waals surface area contributed by atoms with Crippen LogP contribution in [0.2, 0.25) is 0 Å². The normalized spacial score (nSPS) is 14.9. The minimum Gasteiger partial charge on any atom is -0.393 e. The molecule has 4 unspecified atom stereocenters. The Labute approximate surface area is 338 Å². The van der Waals surface area contributed by atoms with Crippen LogP contribution in [0.15, 0.2) is 36.5 Å². The Balaban J connectivity index is 4.31. The molecular weight excluding hydrogens is 711 g/mol. The van der Waals surface area contributed by atoms with Crippen LogP contribution in [-0.2, 0) is 18.4 Å². The van der Waals surface area contributed by atoms with E-state index in [1.807, 2.05) is 6.08 Å². The zero-order valence-electron chi connectivity index (χ0n) is 35.5. The number of nitrogens with one attached hydrogen (secondary N) is 1. The largest absolute Gasteiger partial charge is 0.472 e. The third kappa shape index (κ3) is 39.3. The van der Waals surface area contributed by atoms with E-state index < -0.39 is 38.6 Å². The van der Waals surface area contributed by atoms with Gasteiger partial charge in [0.1, 0.15) is 0 Å². The summed E-state index contributed by atoms with van der Waals surface area (Å²) in [6.45, 7) is 3.95. The van der Waals surface area contributed by atoms with Crippen molar-refractivity contribution in [2.75, 3.05) is 19.8 Å². The summed E-state index contributed by atoms with van der Waals surface area (Å²) >= 11 is 0.